The second-order valence-corrected chi connectivity index (χ2v) is 8.65. The van der Waals surface area contributed by atoms with Crippen molar-refractivity contribution in [2.45, 2.75) is 44.9 Å². The third kappa shape index (κ3) is 3.95. The molecule has 3 atom stereocenters. The standard InChI is InChI=1S/C25H26N2O4/c1-15-4-3-5-17(10-15)22-12-24(28)31-23-11-20(8-9-21(22)23)30-16(2)25(29)27-13-18-6-7-19(14-27)26-18/h3-5,8-12,16,18-19,26H,6-7,13-14H2,1-2H3/t16-,18?,19?/m1/s1. The molecule has 1 aromatic heterocycles. The van der Waals surface area contributed by atoms with Crippen LogP contribution in [0, 0.1) is 6.92 Å². The van der Waals surface area contributed by atoms with E-state index in [1.165, 1.54) is 6.07 Å². The van der Waals surface area contributed by atoms with E-state index in [1.54, 1.807) is 13.0 Å². The first-order valence-electron chi connectivity index (χ1n) is 10.8. The summed E-state index contributed by atoms with van der Waals surface area (Å²) in [6.45, 7) is 5.26. The van der Waals surface area contributed by atoms with Crippen molar-refractivity contribution in [2.24, 2.45) is 0 Å². The predicted octanol–water partition coefficient (Wildman–Crippen LogP) is 3.50. The topological polar surface area (TPSA) is 71.8 Å². The number of likely N-dealkylation sites (tertiary alicyclic amines) is 1. The van der Waals surface area contributed by atoms with Crippen molar-refractivity contribution in [1.29, 1.82) is 0 Å². The average molecular weight is 418 g/mol. The number of nitrogens with zero attached hydrogens (tertiary/aromatic N) is 1. The summed E-state index contributed by atoms with van der Waals surface area (Å²) < 4.78 is 11.4. The lowest BCUT2D eigenvalue weighted by atomic mass is 10.0. The Morgan fingerprint density at radius 1 is 1.13 bits per heavy atom. The van der Waals surface area contributed by atoms with Gasteiger partial charge in [0.2, 0.25) is 0 Å². The van der Waals surface area contributed by atoms with E-state index in [2.05, 4.69) is 5.32 Å². The summed E-state index contributed by atoms with van der Waals surface area (Å²) in [6.07, 6.45) is 1.63. The minimum atomic E-state index is -0.610. The number of fused-ring (bicyclic) bond motifs is 3. The van der Waals surface area contributed by atoms with Gasteiger partial charge in [0, 0.05) is 42.7 Å². The minimum Gasteiger partial charge on any atom is -0.481 e. The highest BCUT2D eigenvalue weighted by Crippen LogP contribution is 2.30. The fourth-order valence-electron chi connectivity index (χ4n) is 4.76. The number of carbonyl (C=O) groups excluding carboxylic acids is 1. The number of benzene rings is 2. The van der Waals surface area contributed by atoms with E-state index < -0.39 is 11.7 Å². The van der Waals surface area contributed by atoms with E-state index in [4.69, 9.17) is 9.15 Å². The maximum Gasteiger partial charge on any atom is 0.336 e. The number of hydrogen-bond donors (Lipinski definition) is 1. The molecule has 3 aromatic rings. The largest absolute Gasteiger partial charge is 0.481 e. The number of aryl methyl sites for hydroxylation is 1. The van der Waals surface area contributed by atoms with Gasteiger partial charge < -0.3 is 19.4 Å². The highest BCUT2D eigenvalue weighted by Gasteiger charge is 2.36. The molecule has 160 valence electrons. The van der Waals surface area contributed by atoms with Gasteiger partial charge in [-0.2, -0.15) is 0 Å². The van der Waals surface area contributed by atoms with Crippen LogP contribution in [0.1, 0.15) is 25.3 Å². The molecule has 3 heterocycles. The van der Waals surface area contributed by atoms with E-state index in [9.17, 15) is 9.59 Å². The highest BCUT2D eigenvalue weighted by atomic mass is 16.5. The molecule has 2 aliphatic heterocycles. The molecule has 2 aromatic carbocycles. The molecule has 6 heteroatoms. The molecule has 6 nitrogen and oxygen atoms in total. The third-order valence-electron chi connectivity index (χ3n) is 6.23. The Bertz CT molecular complexity index is 1190. The van der Waals surface area contributed by atoms with Gasteiger partial charge in [0.05, 0.1) is 0 Å². The Morgan fingerprint density at radius 2 is 1.90 bits per heavy atom. The molecule has 2 unspecified atom stereocenters. The van der Waals surface area contributed by atoms with Crippen LogP contribution < -0.4 is 15.7 Å². The monoisotopic (exact) mass is 418 g/mol. The zero-order chi connectivity index (χ0) is 21.5. The minimum absolute atomic E-state index is 0.00605. The number of ether oxygens (including phenoxy) is 1. The number of carbonyl (C=O) groups is 1. The van der Waals surface area contributed by atoms with Gasteiger partial charge in [-0.05, 0) is 49.9 Å². The molecule has 2 saturated heterocycles. The molecule has 0 aliphatic carbocycles. The zero-order valence-electron chi connectivity index (χ0n) is 17.8. The summed E-state index contributed by atoms with van der Waals surface area (Å²) >= 11 is 0. The summed E-state index contributed by atoms with van der Waals surface area (Å²) in [6, 6.07) is 15.7. The van der Waals surface area contributed by atoms with Gasteiger partial charge in [-0.25, -0.2) is 4.79 Å². The smallest absolute Gasteiger partial charge is 0.336 e. The molecule has 0 saturated carbocycles. The number of piperazine rings is 1. The summed E-state index contributed by atoms with van der Waals surface area (Å²) in [7, 11) is 0. The number of nitrogens with one attached hydrogen (secondary N) is 1. The summed E-state index contributed by atoms with van der Waals surface area (Å²) in [5.74, 6) is 0.504. The zero-order valence-corrected chi connectivity index (χ0v) is 17.8. The van der Waals surface area contributed by atoms with Crippen LogP contribution in [0.5, 0.6) is 5.75 Å². The lowest BCUT2D eigenvalue weighted by Gasteiger charge is -2.34. The van der Waals surface area contributed by atoms with Crippen molar-refractivity contribution in [3.05, 3.63) is 64.5 Å². The van der Waals surface area contributed by atoms with Gasteiger partial charge in [0.15, 0.2) is 6.10 Å². The summed E-state index contributed by atoms with van der Waals surface area (Å²) in [5.41, 5.74) is 2.93. The lowest BCUT2D eigenvalue weighted by molar-refractivity contribution is -0.139. The second-order valence-electron chi connectivity index (χ2n) is 8.65. The van der Waals surface area contributed by atoms with E-state index in [-0.39, 0.29) is 5.91 Å². The Hall–Kier alpha value is -3.12. The Balaban J connectivity index is 1.40. The molecule has 1 amide bonds. The van der Waals surface area contributed by atoms with Crippen LogP contribution >= 0.6 is 0 Å². The van der Waals surface area contributed by atoms with Gasteiger partial charge in [0.25, 0.3) is 5.91 Å². The van der Waals surface area contributed by atoms with Crippen LogP contribution in [-0.4, -0.2) is 42.1 Å². The quantitative estimate of drug-likeness (QED) is 0.657. The van der Waals surface area contributed by atoms with Crippen molar-refractivity contribution in [3.63, 3.8) is 0 Å². The van der Waals surface area contributed by atoms with E-state index in [1.807, 2.05) is 48.2 Å². The van der Waals surface area contributed by atoms with Gasteiger partial charge in [-0.15, -0.1) is 0 Å². The lowest BCUT2D eigenvalue weighted by Crippen LogP contribution is -2.55. The molecular formula is C25H26N2O4. The van der Waals surface area contributed by atoms with Gasteiger partial charge in [-0.3, -0.25) is 4.79 Å². The van der Waals surface area contributed by atoms with Crippen LogP contribution in [0.4, 0.5) is 0 Å². The van der Waals surface area contributed by atoms with Crippen LogP contribution in [0.15, 0.2) is 57.7 Å². The summed E-state index contributed by atoms with van der Waals surface area (Å²) in [5, 5.41) is 4.36. The maximum absolute atomic E-state index is 12.9. The number of hydrogen-bond acceptors (Lipinski definition) is 5. The molecule has 31 heavy (non-hydrogen) atoms. The maximum atomic E-state index is 12.9. The normalized spacial score (nSPS) is 21.3. The fourth-order valence-corrected chi connectivity index (χ4v) is 4.76. The summed E-state index contributed by atoms with van der Waals surface area (Å²) in [4.78, 5) is 27.0. The second kappa shape index (κ2) is 7.85. The van der Waals surface area contributed by atoms with Gasteiger partial charge >= 0.3 is 5.63 Å². The Labute approximate surface area is 180 Å². The van der Waals surface area contributed by atoms with Gasteiger partial charge in [-0.1, -0.05) is 29.8 Å². The molecule has 5 rings (SSSR count). The van der Waals surface area contributed by atoms with Crippen molar-refractivity contribution < 1.29 is 13.9 Å². The highest BCUT2D eigenvalue weighted by molar-refractivity contribution is 5.94. The van der Waals surface area contributed by atoms with Crippen LogP contribution in [0.2, 0.25) is 0 Å². The van der Waals surface area contributed by atoms with E-state index >= 15 is 0 Å². The third-order valence-corrected chi connectivity index (χ3v) is 6.23. The fraction of sp³-hybridized carbons (Fsp3) is 0.360. The number of amides is 1. The van der Waals surface area contributed by atoms with Crippen LogP contribution in [-0.2, 0) is 4.79 Å². The molecule has 1 N–H and O–H groups in total. The molecule has 2 aliphatic rings. The van der Waals surface area contributed by atoms with Crippen LogP contribution in [0.25, 0.3) is 22.1 Å². The SMILES string of the molecule is Cc1cccc(-c2cc(=O)oc3cc(O[C@H](C)C(=O)N4CC5CCC(C4)N5)ccc23)c1. The van der Waals surface area contributed by atoms with Crippen molar-refractivity contribution >= 4 is 16.9 Å². The first-order valence-corrected chi connectivity index (χ1v) is 10.8. The Kier molecular flexibility index (Phi) is 5.02. The number of rotatable bonds is 4. The molecule has 2 bridgehead atoms. The van der Waals surface area contributed by atoms with E-state index in [0.717, 1.165) is 48.0 Å². The van der Waals surface area contributed by atoms with E-state index in [0.29, 0.717) is 23.4 Å². The molecule has 0 spiro atoms. The van der Waals surface area contributed by atoms with Crippen LogP contribution in [0.3, 0.4) is 0 Å². The Morgan fingerprint density at radius 3 is 2.65 bits per heavy atom. The average Bonchev–Trinajstić information content (AvgIpc) is 3.09. The predicted molar refractivity (Wildman–Crippen MR) is 119 cm³/mol. The van der Waals surface area contributed by atoms with Crippen molar-refractivity contribution in [2.75, 3.05) is 13.1 Å². The molecule has 0 radical (unpaired) electrons. The van der Waals surface area contributed by atoms with Crippen molar-refractivity contribution in [1.82, 2.24) is 10.2 Å². The van der Waals surface area contributed by atoms with Gasteiger partial charge in [0.1, 0.15) is 11.3 Å². The van der Waals surface area contributed by atoms with Crippen molar-refractivity contribution in [3.8, 4) is 16.9 Å². The first kappa shape index (κ1) is 19.8. The first-order chi connectivity index (χ1) is 15.0. The molecular weight excluding hydrogens is 392 g/mol. The molecule has 2 fully saturated rings.